The highest BCUT2D eigenvalue weighted by atomic mass is 35.5. The highest BCUT2D eigenvalue weighted by molar-refractivity contribution is 6.64. The van der Waals surface area contributed by atoms with Crippen LogP contribution >= 0.6 is 11.6 Å². The molecule has 2 N–H and O–H groups in total. The molecule has 17 heteroatoms. The van der Waals surface area contributed by atoms with Gasteiger partial charge in [-0.05, 0) is 263 Å². The van der Waals surface area contributed by atoms with Crippen LogP contribution in [0, 0.1) is 172 Å². The van der Waals surface area contributed by atoms with Crippen molar-refractivity contribution in [1.29, 1.82) is 0 Å². The first-order valence-corrected chi connectivity index (χ1v) is 43.9. The van der Waals surface area contributed by atoms with Gasteiger partial charge in [-0.3, -0.25) is 29.0 Å². The Morgan fingerprint density at radius 1 is 0.491 bits per heavy atom. The van der Waals surface area contributed by atoms with E-state index in [1.54, 1.807) is 6.92 Å². The van der Waals surface area contributed by atoms with Crippen molar-refractivity contribution in [3.63, 3.8) is 0 Å². The maximum atomic E-state index is 14.6. The van der Waals surface area contributed by atoms with E-state index in [1.165, 1.54) is 7.40 Å². The molecule has 0 spiro atoms. The molecule has 0 amide bonds. The van der Waals surface area contributed by atoms with Crippen molar-refractivity contribution in [3.8, 4) is 0 Å². The molecule has 0 aliphatic heterocycles. The number of aryl methyl sites for hydroxylation is 1. The summed E-state index contributed by atoms with van der Waals surface area (Å²) < 4.78 is 11.6. The summed E-state index contributed by atoms with van der Waals surface area (Å²) in [6.45, 7) is 73.0. The number of fused-ring (bicyclic) bond motifs is 21. The summed E-state index contributed by atoms with van der Waals surface area (Å²) in [5.74, 6) is 1.71. The second-order valence-corrected chi connectivity index (χ2v) is 46.3. The van der Waals surface area contributed by atoms with E-state index in [2.05, 4.69) is 129 Å². The summed E-state index contributed by atoms with van der Waals surface area (Å²) in [6, 6.07) is 0. The monoisotopic (exact) mass is 1600 g/mol. The molecule has 0 bridgehead atoms. The van der Waals surface area contributed by atoms with E-state index in [0.29, 0.717) is 11.7 Å². The smallest absolute Gasteiger partial charge is 0.233 e. The first kappa shape index (κ1) is 85.6. The van der Waals surface area contributed by atoms with Gasteiger partial charge < -0.3 is 24.6 Å². The van der Waals surface area contributed by atoms with Gasteiger partial charge in [-0.1, -0.05) is 193 Å². The molecule has 0 saturated heterocycles. The van der Waals surface area contributed by atoms with E-state index in [4.69, 9.17) is 47.9 Å². The molecule has 16 rings (SSSR count). The fraction of sp³-hybridized carbons (Fsp3) is 0.737. The average molecular weight is 1600 g/mol. The van der Waals surface area contributed by atoms with E-state index >= 15 is 0 Å². The molecule has 626 valence electrons. The Morgan fingerprint density at radius 2 is 0.802 bits per heavy atom. The molecule has 1 aromatic rings. The lowest BCUT2D eigenvalue weighted by Crippen LogP contribution is -2.66. The Bertz CT molecular complexity index is 4860. The van der Waals surface area contributed by atoms with Crippen molar-refractivity contribution < 1.29 is 44.3 Å². The average Bonchev–Trinajstić information content (AvgIpc) is 0.979. The predicted molar refractivity (Wildman–Crippen MR) is 453 cm³/mol. The number of nitrogens with zero attached hydrogens (tertiary/aromatic N) is 6. The second kappa shape index (κ2) is 27.1. The van der Waals surface area contributed by atoms with Crippen LogP contribution in [0.4, 0.5) is 0 Å². The molecule has 0 radical (unpaired) electrons. The summed E-state index contributed by atoms with van der Waals surface area (Å²) in [7, 11) is 1.25. The number of carbonyl (C=O) groups is 8. The van der Waals surface area contributed by atoms with Gasteiger partial charge in [0.15, 0.2) is 46.3 Å². The number of hydrogen-bond donors (Lipinski definition) is 1. The van der Waals surface area contributed by atoms with Crippen LogP contribution in [0.25, 0.3) is 14.5 Å². The minimum Gasteiger partial charge on any atom is -0.388 e. The molecule has 16 nitrogen and oxygen atoms in total. The molecule has 0 unspecified atom stereocenters. The van der Waals surface area contributed by atoms with Crippen LogP contribution in [0.5, 0.6) is 0 Å². The number of carbonyl (C=O) groups excluding carboxylic acids is 8. The molecule has 15 aliphatic rings. The minimum absolute atomic E-state index is 0.0283. The summed E-state index contributed by atoms with van der Waals surface area (Å²) in [4.78, 5) is 130. The number of amidine groups is 1. The Kier molecular flexibility index (Phi) is 20.0. The number of aliphatic imine (C=N–C) groups is 1. The zero-order valence-electron chi connectivity index (χ0n) is 75.5. The summed E-state index contributed by atoms with van der Waals surface area (Å²) in [5.41, 5.74) is 3.43. The molecule has 116 heavy (non-hydrogen) atoms. The lowest BCUT2D eigenvalue weighted by atomic mass is 9.34. The summed E-state index contributed by atoms with van der Waals surface area (Å²) >= 11 is 6.37. The van der Waals surface area contributed by atoms with Crippen molar-refractivity contribution in [1.82, 2.24) is 10.1 Å². The second-order valence-electron chi connectivity index (χ2n) is 46.0. The molecule has 0 aromatic carbocycles. The third-order valence-electron chi connectivity index (χ3n) is 37.9. The molecule has 9 fully saturated rings. The lowest BCUT2D eigenvalue weighted by Gasteiger charge is -2.69. The first-order valence-electron chi connectivity index (χ1n) is 44.5. The molecular weight excluding hydrogens is 1470 g/mol. The zero-order chi connectivity index (χ0) is 86.8. The van der Waals surface area contributed by atoms with E-state index in [0.717, 1.165) is 157 Å². The number of hydrogen-bond acceptors (Lipinski definition) is 12. The molecule has 1 aromatic heterocycles. The van der Waals surface area contributed by atoms with Gasteiger partial charge in [-0.25, -0.2) is 14.5 Å². The van der Waals surface area contributed by atoms with E-state index in [-0.39, 0.29) is 177 Å². The van der Waals surface area contributed by atoms with Gasteiger partial charge in [0.05, 0.1) is 31.0 Å². The third-order valence-corrected chi connectivity index (χ3v) is 38.3. The van der Waals surface area contributed by atoms with E-state index in [1.807, 2.05) is 84.9 Å². The topological polar surface area (TPSA) is 227 Å². The number of rotatable bonds is 5. The normalized spacial score (nSPS) is 44.4. The van der Waals surface area contributed by atoms with Gasteiger partial charge in [0.25, 0.3) is 0 Å². The maximum absolute atomic E-state index is 14.6. The standard InChI is InChI=1S/C34H47N3O3.C33H43N3O3.C31H40ClNO3.CH4/c1-20(35)37-19-26(39)34-14-12-29(2,3)17-21(34)27-23(38)16-25-31(6)18-22(36-9)28(40)30(4,5)24(31)10-11-32(25,7)33(27,8)13-15-34;1-19-35-27(39-36-19)33-14-12-28(2,3)17-20(33)25-22(37)16-24-30(6)18-21(34-9)26(38)29(4,5)23(30)10-11-31(24,7)32(25,8)13-15-33;1-26(2)11-13-31(25(32)36)14-12-30(7)23(18(31)16-26)20(34)15-22-28(5)17-19(33-8)24(35)27(3,4)21(28)9-10-29(22,30)6;/h16,18,21,24,27H,10-15,17,19H2,1-8H3,(H2,35,37);16,18,20,23,25H,10-15,17H2,1-8H3;15,17-18,21,23H,9-14,16H2,1-7H3;1H4/t21-,24-,27-,31-,32+,33+,34-;20-,23-,25-,30-,31+,32+,33-;18-,21-,23-,28-,29+,30+,31-;/m000./s1/i;;;1T. The van der Waals surface area contributed by atoms with Crippen LogP contribution in [0.3, 0.4) is 0 Å². The van der Waals surface area contributed by atoms with Crippen LogP contribution in [0.15, 0.2) is 79.8 Å². The van der Waals surface area contributed by atoms with Crippen LogP contribution in [0.1, 0.15) is 308 Å². The quantitative estimate of drug-likeness (QED) is 0.126. The van der Waals surface area contributed by atoms with Crippen molar-refractivity contribution in [2.45, 2.75) is 307 Å². The Labute approximate surface area is 699 Å². The maximum Gasteiger partial charge on any atom is 0.233 e. The summed E-state index contributed by atoms with van der Waals surface area (Å²) in [5, 5.41) is 3.92. The van der Waals surface area contributed by atoms with Gasteiger partial charge in [-0.2, -0.15) is 4.98 Å². The van der Waals surface area contributed by atoms with Crippen LogP contribution in [-0.4, -0.2) is 68.2 Å². The molecule has 21 atom stereocenters. The lowest BCUT2D eigenvalue weighted by molar-refractivity contribution is -0.177. The van der Waals surface area contributed by atoms with E-state index < -0.39 is 43.3 Å². The first-order chi connectivity index (χ1) is 54.0. The number of allylic oxidation sites excluding steroid dienone is 12. The highest BCUT2D eigenvalue weighted by Gasteiger charge is 2.76. The highest BCUT2D eigenvalue weighted by Crippen LogP contribution is 2.80. The van der Waals surface area contributed by atoms with Gasteiger partial charge in [0, 0.05) is 62.4 Å². The Balaban J connectivity index is 0.000000151. The van der Waals surface area contributed by atoms with E-state index in [9.17, 15) is 38.4 Å². The Morgan fingerprint density at radius 3 is 1.15 bits per heavy atom. The zero-order valence-corrected chi connectivity index (χ0v) is 75.3. The molecular formula is C99H134ClN7O9. The van der Waals surface area contributed by atoms with Crippen molar-refractivity contribution in [2.75, 3.05) is 6.54 Å². The fourth-order valence-corrected chi connectivity index (χ4v) is 31.2. The van der Waals surface area contributed by atoms with Gasteiger partial charge in [0.1, 0.15) is 6.54 Å². The summed E-state index contributed by atoms with van der Waals surface area (Å²) in [6.07, 6.45) is 29.9. The minimum atomic E-state index is -0.671. The number of halogens is 1. The van der Waals surface area contributed by atoms with Gasteiger partial charge in [0.2, 0.25) is 28.2 Å². The van der Waals surface area contributed by atoms with Gasteiger partial charge in [-0.15, -0.1) is 0 Å². The Hall–Kier alpha value is -6.83. The van der Waals surface area contributed by atoms with Gasteiger partial charge >= 0.3 is 0 Å². The fourth-order valence-electron chi connectivity index (χ4n) is 30.9. The van der Waals surface area contributed by atoms with Crippen molar-refractivity contribution in [3.05, 3.63) is 116 Å². The number of ketones is 7. The molecule has 1 heterocycles. The van der Waals surface area contributed by atoms with Crippen molar-refractivity contribution >= 4 is 63.2 Å². The third kappa shape index (κ3) is 11.6. The number of Topliss-reactive ketones (excluding diaryl/α,β-unsaturated/α-hetero) is 4. The number of aromatic nitrogens is 2. The van der Waals surface area contributed by atoms with Crippen LogP contribution in [0.2, 0.25) is 0 Å². The predicted octanol–water partition coefficient (Wildman–Crippen LogP) is 21.7. The SMILES string of the molecule is [3H]C.[C-]#[N+]C1=C[C@]2(C)C3=CC(=O)[C@@H]4[C@@H]5CC(C)(C)CC[C@]5(C(=O)CN=C(C)N)CC[C@@]4(C)[C@]3(C)CC[C@H]2C(C)(C)C1=O.[C-]#[N+]C1=C[C@]2(C)C3=CC(=O)[C@@H]4[C@@H]5CC(C)(C)CC[C@]5(C(=O)Cl)CC[C@@]4(C)[C@]3(C)CC[C@H]2C(C)(C)C1=O.[C-]#[N+]C1=C[C@]2(C)C3=CC(=O)[C@@H]4[C@@H]5CC(C)(C)CC[C@]5(c5nc(C)no5)CC[C@@]4(C)[C@]3(C)CC[C@H]2C(C)(C)C1=O. The van der Waals surface area contributed by atoms with Crippen LogP contribution < -0.4 is 5.73 Å². The molecule has 9 saturated carbocycles. The largest absolute Gasteiger partial charge is 0.388 e. The molecule has 15 aliphatic carbocycles. The van der Waals surface area contributed by atoms with Crippen molar-refractivity contribution in [2.24, 2.45) is 156 Å². The van der Waals surface area contributed by atoms with Crippen LogP contribution in [-0.2, 0) is 43.8 Å². The number of nitrogens with two attached hydrogens (primary N) is 1.